The van der Waals surface area contributed by atoms with Crippen LogP contribution in [0.4, 0.5) is 0 Å². The highest BCUT2D eigenvalue weighted by Gasteiger charge is 2.14. The largest absolute Gasteiger partial charge is 0.349 e. The van der Waals surface area contributed by atoms with Crippen molar-refractivity contribution >= 4 is 5.91 Å². The van der Waals surface area contributed by atoms with Crippen LogP contribution in [0.3, 0.4) is 0 Å². The molecule has 3 heteroatoms. The number of amides is 1. The Morgan fingerprint density at radius 1 is 1.38 bits per heavy atom. The van der Waals surface area contributed by atoms with E-state index in [2.05, 4.69) is 17.2 Å². The van der Waals surface area contributed by atoms with Crippen LogP contribution in [0.25, 0.3) is 0 Å². The van der Waals surface area contributed by atoms with Crippen molar-refractivity contribution in [2.24, 2.45) is 5.92 Å². The van der Waals surface area contributed by atoms with E-state index < -0.39 is 0 Å². The summed E-state index contributed by atoms with van der Waals surface area (Å²) in [5, 5.41) is 3.01. The molecule has 0 radical (unpaired) electrons. The van der Waals surface area contributed by atoms with Gasteiger partial charge in [-0.3, -0.25) is 9.78 Å². The first kappa shape index (κ1) is 12.7. The molecule has 88 valence electrons. The summed E-state index contributed by atoms with van der Waals surface area (Å²) in [6.07, 6.45) is 5.47. The standard InChI is InChI=1S/C13H20N2O/c1-4-5-10(2)13(16)15-11(3)12-6-8-14-9-7-12/h6-11H,4-5H2,1-3H3,(H,15,16). The van der Waals surface area contributed by atoms with Gasteiger partial charge in [-0.25, -0.2) is 0 Å². The maximum Gasteiger partial charge on any atom is 0.223 e. The number of hydrogen-bond acceptors (Lipinski definition) is 2. The molecule has 0 aliphatic carbocycles. The predicted molar refractivity (Wildman–Crippen MR) is 64.9 cm³/mol. The Morgan fingerprint density at radius 2 is 2.00 bits per heavy atom. The molecule has 0 saturated carbocycles. The van der Waals surface area contributed by atoms with Gasteiger partial charge in [0.15, 0.2) is 0 Å². The summed E-state index contributed by atoms with van der Waals surface area (Å²) in [4.78, 5) is 15.7. The maximum atomic E-state index is 11.8. The molecule has 1 amide bonds. The van der Waals surface area contributed by atoms with Crippen molar-refractivity contribution in [2.75, 3.05) is 0 Å². The van der Waals surface area contributed by atoms with Crippen molar-refractivity contribution in [3.8, 4) is 0 Å². The lowest BCUT2D eigenvalue weighted by Crippen LogP contribution is -2.31. The fraction of sp³-hybridized carbons (Fsp3) is 0.538. The summed E-state index contributed by atoms with van der Waals surface area (Å²) in [6, 6.07) is 3.90. The van der Waals surface area contributed by atoms with Gasteiger partial charge in [0.05, 0.1) is 6.04 Å². The highest BCUT2D eigenvalue weighted by molar-refractivity contribution is 5.78. The molecule has 0 aromatic carbocycles. The van der Waals surface area contributed by atoms with E-state index in [0.717, 1.165) is 18.4 Å². The summed E-state index contributed by atoms with van der Waals surface area (Å²) in [5.74, 6) is 0.223. The van der Waals surface area contributed by atoms with Gasteiger partial charge in [0.2, 0.25) is 5.91 Å². The maximum absolute atomic E-state index is 11.8. The van der Waals surface area contributed by atoms with Gasteiger partial charge in [-0.1, -0.05) is 20.3 Å². The Kier molecular flexibility index (Phi) is 4.96. The van der Waals surface area contributed by atoms with Crippen molar-refractivity contribution in [3.05, 3.63) is 30.1 Å². The molecule has 3 nitrogen and oxygen atoms in total. The van der Waals surface area contributed by atoms with Gasteiger partial charge in [-0.05, 0) is 31.0 Å². The Labute approximate surface area is 97.3 Å². The highest BCUT2D eigenvalue weighted by Crippen LogP contribution is 2.12. The van der Waals surface area contributed by atoms with Crippen LogP contribution < -0.4 is 5.32 Å². The van der Waals surface area contributed by atoms with E-state index in [1.807, 2.05) is 26.0 Å². The first-order chi connectivity index (χ1) is 7.65. The van der Waals surface area contributed by atoms with E-state index in [9.17, 15) is 4.79 Å². The van der Waals surface area contributed by atoms with E-state index in [-0.39, 0.29) is 17.9 Å². The zero-order chi connectivity index (χ0) is 12.0. The molecular formula is C13H20N2O. The highest BCUT2D eigenvalue weighted by atomic mass is 16.1. The molecule has 0 aliphatic rings. The lowest BCUT2D eigenvalue weighted by molar-refractivity contribution is -0.125. The molecular weight excluding hydrogens is 200 g/mol. The molecule has 0 saturated heterocycles. The van der Waals surface area contributed by atoms with E-state index in [1.165, 1.54) is 0 Å². The molecule has 0 bridgehead atoms. The second-order valence-corrected chi connectivity index (χ2v) is 4.20. The molecule has 16 heavy (non-hydrogen) atoms. The van der Waals surface area contributed by atoms with Crippen molar-refractivity contribution < 1.29 is 4.79 Å². The zero-order valence-corrected chi connectivity index (χ0v) is 10.2. The average molecular weight is 220 g/mol. The predicted octanol–water partition coefficient (Wildman–Crippen LogP) is 2.70. The van der Waals surface area contributed by atoms with E-state index in [4.69, 9.17) is 0 Å². The summed E-state index contributed by atoms with van der Waals surface area (Å²) in [5.41, 5.74) is 1.09. The smallest absolute Gasteiger partial charge is 0.223 e. The van der Waals surface area contributed by atoms with Crippen LogP contribution in [0.15, 0.2) is 24.5 Å². The topological polar surface area (TPSA) is 42.0 Å². The van der Waals surface area contributed by atoms with Crippen molar-refractivity contribution in [1.29, 1.82) is 0 Å². The average Bonchev–Trinajstić information content (AvgIpc) is 2.30. The number of pyridine rings is 1. The van der Waals surface area contributed by atoms with E-state index in [1.54, 1.807) is 12.4 Å². The second-order valence-electron chi connectivity index (χ2n) is 4.20. The van der Waals surface area contributed by atoms with Crippen molar-refractivity contribution in [2.45, 2.75) is 39.7 Å². The fourth-order valence-electron chi connectivity index (χ4n) is 1.66. The second kappa shape index (κ2) is 6.26. The zero-order valence-electron chi connectivity index (χ0n) is 10.2. The minimum absolute atomic E-state index is 0.0507. The van der Waals surface area contributed by atoms with Gasteiger partial charge < -0.3 is 5.32 Å². The van der Waals surface area contributed by atoms with Crippen LogP contribution in [-0.2, 0) is 4.79 Å². The molecule has 0 fully saturated rings. The number of carbonyl (C=O) groups excluding carboxylic acids is 1. The third-order valence-corrected chi connectivity index (χ3v) is 2.73. The van der Waals surface area contributed by atoms with Gasteiger partial charge in [0.1, 0.15) is 0 Å². The first-order valence-electron chi connectivity index (χ1n) is 5.85. The minimum Gasteiger partial charge on any atom is -0.349 e. The molecule has 0 spiro atoms. The number of aromatic nitrogens is 1. The van der Waals surface area contributed by atoms with Crippen molar-refractivity contribution in [3.63, 3.8) is 0 Å². The molecule has 0 aliphatic heterocycles. The molecule has 2 atom stereocenters. The van der Waals surface area contributed by atoms with Crippen LogP contribution in [0.1, 0.15) is 45.2 Å². The summed E-state index contributed by atoms with van der Waals surface area (Å²) >= 11 is 0. The molecule has 1 aromatic rings. The van der Waals surface area contributed by atoms with Crippen LogP contribution in [0.2, 0.25) is 0 Å². The molecule has 1 heterocycles. The number of nitrogens with one attached hydrogen (secondary N) is 1. The summed E-state index contributed by atoms with van der Waals surface area (Å²) < 4.78 is 0. The van der Waals surface area contributed by atoms with E-state index in [0.29, 0.717) is 0 Å². The lowest BCUT2D eigenvalue weighted by atomic mass is 10.0. The van der Waals surface area contributed by atoms with E-state index >= 15 is 0 Å². The van der Waals surface area contributed by atoms with Gasteiger partial charge >= 0.3 is 0 Å². The Hall–Kier alpha value is -1.38. The van der Waals surface area contributed by atoms with Crippen LogP contribution >= 0.6 is 0 Å². The van der Waals surface area contributed by atoms with Gasteiger partial charge in [-0.15, -0.1) is 0 Å². The molecule has 1 rings (SSSR count). The monoisotopic (exact) mass is 220 g/mol. The van der Waals surface area contributed by atoms with Gasteiger partial charge in [0, 0.05) is 18.3 Å². The van der Waals surface area contributed by atoms with Crippen LogP contribution in [0, 0.1) is 5.92 Å². The quantitative estimate of drug-likeness (QED) is 0.829. The first-order valence-corrected chi connectivity index (χ1v) is 5.85. The summed E-state index contributed by atoms with van der Waals surface area (Å²) in [6.45, 7) is 6.06. The lowest BCUT2D eigenvalue weighted by Gasteiger charge is -2.17. The molecule has 1 N–H and O–H groups in total. The third-order valence-electron chi connectivity index (χ3n) is 2.73. The number of hydrogen-bond donors (Lipinski definition) is 1. The molecule has 2 unspecified atom stereocenters. The van der Waals surface area contributed by atoms with Gasteiger partial charge in [0.25, 0.3) is 0 Å². The summed E-state index contributed by atoms with van der Waals surface area (Å²) in [7, 11) is 0. The number of carbonyl (C=O) groups is 1. The third kappa shape index (κ3) is 3.65. The number of nitrogens with zero attached hydrogens (tertiary/aromatic N) is 1. The Balaban J connectivity index is 2.51. The SMILES string of the molecule is CCCC(C)C(=O)NC(C)c1ccncc1. The van der Waals surface area contributed by atoms with Crippen LogP contribution in [-0.4, -0.2) is 10.9 Å². The Morgan fingerprint density at radius 3 is 2.56 bits per heavy atom. The fourth-order valence-corrected chi connectivity index (χ4v) is 1.66. The number of rotatable bonds is 5. The van der Waals surface area contributed by atoms with Crippen molar-refractivity contribution in [1.82, 2.24) is 10.3 Å². The molecule has 1 aromatic heterocycles. The van der Waals surface area contributed by atoms with Gasteiger partial charge in [-0.2, -0.15) is 0 Å². The van der Waals surface area contributed by atoms with Crippen LogP contribution in [0.5, 0.6) is 0 Å². The minimum atomic E-state index is 0.0507. The normalized spacial score (nSPS) is 14.2. The Bertz CT molecular complexity index is 324.